The van der Waals surface area contributed by atoms with Gasteiger partial charge in [-0.2, -0.15) is 0 Å². The molecule has 0 aliphatic carbocycles. The maximum Gasteiger partial charge on any atom is 0.270 e. The van der Waals surface area contributed by atoms with E-state index < -0.39 is 4.92 Å². The summed E-state index contributed by atoms with van der Waals surface area (Å²) in [6, 6.07) is 4.25. The molecule has 1 atom stereocenters. The van der Waals surface area contributed by atoms with Crippen LogP contribution in [0.2, 0.25) is 0 Å². The Morgan fingerprint density at radius 1 is 1.47 bits per heavy atom. The van der Waals surface area contributed by atoms with Gasteiger partial charge in [-0.25, -0.2) is 0 Å². The largest absolute Gasteiger partial charge is 0.394 e. The molecule has 0 aromatic heterocycles. The van der Waals surface area contributed by atoms with Crippen LogP contribution in [0.25, 0.3) is 0 Å². The number of aliphatic hydroxyl groups excluding tert-OH is 1. The Bertz CT molecular complexity index is 490. The van der Waals surface area contributed by atoms with Crippen LogP contribution in [0.5, 0.6) is 0 Å². The van der Waals surface area contributed by atoms with Crippen molar-refractivity contribution in [3.05, 3.63) is 33.9 Å². The van der Waals surface area contributed by atoms with Crippen molar-refractivity contribution in [2.75, 3.05) is 18.1 Å². The molecule has 102 valence electrons. The summed E-state index contributed by atoms with van der Waals surface area (Å²) >= 11 is 0. The van der Waals surface area contributed by atoms with Crippen LogP contribution in [0.3, 0.4) is 0 Å². The molecule has 0 amide bonds. The number of nitro groups is 1. The average Bonchev–Trinajstić information content (AvgIpc) is 2.46. The molecule has 1 saturated heterocycles. The minimum atomic E-state index is -0.517. The number of rotatable bonds is 4. The van der Waals surface area contributed by atoms with E-state index in [1.165, 1.54) is 12.1 Å². The fourth-order valence-electron chi connectivity index (χ4n) is 2.52. The maximum atomic E-state index is 11.1. The minimum absolute atomic E-state index is 0.0195. The quantitative estimate of drug-likeness (QED) is 0.509. The highest BCUT2D eigenvalue weighted by molar-refractivity contribution is 5.86. The first kappa shape index (κ1) is 13.5. The Labute approximate surface area is 110 Å². The summed E-state index contributed by atoms with van der Waals surface area (Å²) in [5, 5.41) is 20.1. The van der Waals surface area contributed by atoms with Gasteiger partial charge in [-0.05, 0) is 25.3 Å². The van der Waals surface area contributed by atoms with Crippen molar-refractivity contribution in [3.8, 4) is 0 Å². The molecule has 1 aromatic rings. The molecule has 1 N–H and O–H groups in total. The topological polar surface area (TPSA) is 83.7 Å². The van der Waals surface area contributed by atoms with Crippen LogP contribution in [-0.4, -0.2) is 35.5 Å². The number of aliphatic hydroxyl groups is 1. The van der Waals surface area contributed by atoms with E-state index in [0.29, 0.717) is 17.5 Å². The molecule has 0 bridgehead atoms. The van der Waals surface area contributed by atoms with Crippen molar-refractivity contribution in [1.82, 2.24) is 0 Å². The van der Waals surface area contributed by atoms with Crippen molar-refractivity contribution >= 4 is 17.7 Å². The molecule has 19 heavy (non-hydrogen) atoms. The number of hydrogen-bond acceptors (Lipinski definition) is 5. The Morgan fingerprint density at radius 2 is 2.26 bits per heavy atom. The van der Waals surface area contributed by atoms with Crippen molar-refractivity contribution in [2.45, 2.75) is 25.3 Å². The zero-order valence-electron chi connectivity index (χ0n) is 10.5. The summed E-state index contributed by atoms with van der Waals surface area (Å²) in [5.74, 6) is 0. The van der Waals surface area contributed by atoms with Gasteiger partial charge >= 0.3 is 0 Å². The summed E-state index contributed by atoms with van der Waals surface area (Å²) in [7, 11) is 0. The maximum absolute atomic E-state index is 11.1. The van der Waals surface area contributed by atoms with Crippen LogP contribution in [0.1, 0.15) is 29.6 Å². The van der Waals surface area contributed by atoms with Gasteiger partial charge in [0.25, 0.3) is 5.69 Å². The Hall–Kier alpha value is -1.95. The van der Waals surface area contributed by atoms with Gasteiger partial charge in [0, 0.05) is 29.9 Å². The summed E-state index contributed by atoms with van der Waals surface area (Å²) in [5.41, 5.74) is 0.873. The van der Waals surface area contributed by atoms with Gasteiger partial charge in [-0.15, -0.1) is 0 Å². The van der Waals surface area contributed by atoms with Crippen molar-refractivity contribution in [1.29, 1.82) is 0 Å². The summed E-state index contributed by atoms with van der Waals surface area (Å²) in [6.45, 7) is 0.777. The van der Waals surface area contributed by atoms with E-state index in [1.54, 1.807) is 6.07 Å². The van der Waals surface area contributed by atoms with Crippen LogP contribution >= 0.6 is 0 Å². The molecule has 1 heterocycles. The molecule has 0 saturated carbocycles. The van der Waals surface area contributed by atoms with Crippen molar-refractivity contribution in [3.63, 3.8) is 0 Å². The zero-order valence-corrected chi connectivity index (χ0v) is 10.5. The highest BCUT2D eigenvalue weighted by Gasteiger charge is 2.24. The van der Waals surface area contributed by atoms with E-state index in [4.69, 9.17) is 0 Å². The summed E-state index contributed by atoms with van der Waals surface area (Å²) in [6.07, 6.45) is 3.54. The molecular formula is C13H16N2O4. The van der Waals surface area contributed by atoms with E-state index in [0.717, 1.165) is 25.8 Å². The van der Waals surface area contributed by atoms with Gasteiger partial charge in [0.15, 0.2) is 6.29 Å². The Balaban J connectivity index is 2.37. The molecule has 0 spiro atoms. The van der Waals surface area contributed by atoms with E-state index in [2.05, 4.69) is 0 Å². The van der Waals surface area contributed by atoms with Gasteiger partial charge in [-0.1, -0.05) is 0 Å². The van der Waals surface area contributed by atoms with Crippen molar-refractivity contribution < 1.29 is 14.8 Å². The number of anilines is 1. The second-order valence-corrected chi connectivity index (χ2v) is 4.64. The molecule has 1 unspecified atom stereocenters. The average molecular weight is 264 g/mol. The zero-order chi connectivity index (χ0) is 13.8. The standard InChI is InChI=1S/C13H16N2O4/c16-8-10-7-11(15(18)19)4-5-13(10)14-6-2-1-3-12(14)9-17/h4-5,7-8,12,17H,1-3,6,9H2. The number of hydrogen-bond donors (Lipinski definition) is 1. The second kappa shape index (κ2) is 5.79. The van der Waals surface area contributed by atoms with E-state index in [1.807, 2.05) is 4.90 Å². The molecule has 6 heteroatoms. The Morgan fingerprint density at radius 3 is 2.89 bits per heavy atom. The first-order valence-corrected chi connectivity index (χ1v) is 6.28. The third-order valence-electron chi connectivity index (χ3n) is 3.50. The first-order chi connectivity index (χ1) is 9.17. The highest BCUT2D eigenvalue weighted by atomic mass is 16.6. The number of benzene rings is 1. The molecule has 1 aliphatic heterocycles. The molecular weight excluding hydrogens is 248 g/mol. The van der Waals surface area contributed by atoms with Crippen LogP contribution < -0.4 is 4.90 Å². The summed E-state index contributed by atoms with van der Waals surface area (Å²) < 4.78 is 0. The number of carbonyl (C=O) groups is 1. The second-order valence-electron chi connectivity index (χ2n) is 4.64. The lowest BCUT2D eigenvalue weighted by Crippen LogP contribution is -2.42. The van der Waals surface area contributed by atoms with Gasteiger partial charge in [-0.3, -0.25) is 14.9 Å². The molecule has 6 nitrogen and oxygen atoms in total. The van der Waals surface area contributed by atoms with E-state index >= 15 is 0 Å². The number of nitrogens with zero attached hydrogens (tertiary/aromatic N) is 2. The van der Waals surface area contributed by atoms with Gasteiger partial charge in [0.05, 0.1) is 17.6 Å². The third-order valence-corrected chi connectivity index (χ3v) is 3.50. The van der Waals surface area contributed by atoms with E-state index in [-0.39, 0.29) is 18.3 Å². The van der Waals surface area contributed by atoms with Gasteiger partial charge in [0.1, 0.15) is 0 Å². The van der Waals surface area contributed by atoms with Gasteiger partial charge in [0.2, 0.25) is 0 Å². The van der Waals surface area contributed by atoms with Crippen LogP contribution in [-0.2, 0) is 0 Å². The predicted molar refractivity (Wildman–Crippen MR) is 70.6 cm³/mol. The number of non-ortho nitro benzene ring substituents is 1. The normalized spacial score (nSPS) is 19.2. The lowest BCUT2D eigenvalue weighted by molar-refractivity contribution is -0.384. The van der Waals surface area contributed by atoms with E-state index in [9.17, 15) is 20.0 Å². The SMILES string of the molecule is O=Cc1cc([N+](=O)[O-])ccc1N1CCCCC1CO. The molecule has 1 fully saturated rings. The lowest BCUT2D eigenvalue weighted by atomic mass is 10.0. The third kappa shape index (κ3) is 2.73. The number of aldehydes is 1. The lowest BCUT2D eigenvalue weighted by Gasteiger charge is -2.37. The molecule has 1 aromatic carbocycles. The Kier molecular flexibility index (Phi) is 4.11. The monoisotopic (exact) mass is 264 g/mol. The smallest absolute Gasteiger partial charge is 0.270 e. The fraction of sp³-hybridized carbons (Fsp3) is 0.462. The number of carbonyl (C=O) groups excluding carboxylic acids is 1. The van der Waals surface area contributed by atoms with Crippen LogP contribution in [0, 0.1) is 10.1 Å². The first-order valence-electron chi connectivity index (χ1n) is 6.28. The molecule has 2 rings (SSSR count). The number of piperidine rings is 1. The van der Waals surface area contributed by atoms with Gasteiger partial charge < -0.3 is 10.0 Å². The van der Waals surface area contributed by atoms with Crippen LogP contribution in [0.4, 0.5) is 11.4 Å². The van der Waals surface area contributed by atoms with Crippen LogP contribution in [0.15, 0.2) is 18.2 Å². The summed E-state index contributed by atoms with van der Waals surface area (Å²) in [4.78, 5) is 23.3. The molecule has 1 aliphatic rings. The minimum Gasteiger partial charge on any atom is -0.394 e. The molecule has 0 radical (unpaired) electrons. The highest BCUT2D eigenvalue weighted by Crippen LogP contribution is 2.29. The number of nitro benzene ring substituents is 1. The predicted octanol–water partition coefficient (Wildman–Crippen LogP) is 1.76. The van der Waals surface area contributed by atoms with Crippen molar-refractivity contribution in [2.24, 2.45) is 0 Å². The fourth-order valence-corrected chi connectivity index (χ4v) is 2.52.